The van der Waals surface area contributed by atoms with E-state index in [9.17, 15) is 10.1 Å². The number of nitrogens with one attached hydrogen (secondary N) is 1. The molecular weight excluding hydrogens is 266 g/mol. The molecule has 5 nitrogen and oxygen atoms in total. The molecule has 112 valence electrons. The van der Waals surface area contributed by atoms with E-state index in [0.29, 0.717) is 11.4 Å². The third-order valence-electron chi connectivity index (χ3n) is 4.02. The molecule has 2 rings (SSSR count). The van der Waals surface area contributed by atoms with Gasteiger partial charge < -0.3 is 5.32 Å². The maximum atomic E-state index is 11.1. The lowest BCUT2D eigenvalue weighted by atomic mass is 9.82. The van der Waals surface area contributed by atoms with Gasteiger partial charge in [0.1, 0.15) is 5.52 Å². The Bertz CT molecular complexity index is 662. The molecule has 5 heteroatoms. The van der Waals surface area contributed by atoms with Crippen LogP contribution in [-0.2, 0) is 0 Å². The molecule has 0 spiro atoms. The van der Waals surface area contributed by atoms with E-state index in [4.69, 9.17) is 0 Å². The first kappa shape index (κ1) is 15.2. The van der Waals surface area contributed by atoms with E-state index in [-0.39, 0.29) is 11.1 Å². The quantitative estimate of drug-likeness (QED) is 0.674. The van der Waals surface area contributed by atoms with Crippen LogP contribution in [0.3, 0.4) is 0 Å². The minimum atomic E-state index is -0.392. The van der Waals surface area contributed by atoms with E-state index in [2.05, 4.69) is 38.0 Å². The van der Waals surface area contributed by atoms with Crippen LogP contribution in [0.15, 0.2) is 30.5 Å². The smallest absolute Gasteiger partial charge is 0.295 e. The Balaban J connectivity index is 2.34. The highest BCUT2D eigenvalue weighted by molar-refractivity contribution is 5.96. The molecule has 21 heavy (non-hydrogen) atoms. The Hall–Kier alpha value is -2.17. The Kier molecular flexibility index (Phi) is 4.11. The summed E-state index contributed by atoms with van der Waals surface area (Å²) < 4.78 is 0. The van der Waals surface area contributed by atoms with Gasteiger partial charge in [-0.3, -0.25) is 10.1 Å². The molecule has 1 atom stereocenters. The fraction of sp³-hybridized carbons (Fsp3) is 0.438. The Morgan fingerprint density at radius 3 is 2.67 bits per heavy atom. The second kappa shape index (κ2) is 5.68. The molecule has 0 aliphatic rings. The van der Waals surface area contributed by atoms with Crippen LogP contribution < -0.4 is 5.32 Å². The maximum absolute atomic E-state index is 11.1. The number of nitro groups is 1. The zero-order chi connectivity index (χ0) is 15.6. The van der Waals surface area contributed by atoms with Crippen LogP contribution in [0.2, 0.25) is 0 Å². The predicted octanol–water partition coefficient (Wildman–Crippen LogP) is 4.24. The fourth-order valence-electron chi connectivity index (χ4n) is 2.03. The van der Waals surface area contributed by atoms with Crippen LogP contribution in [-0.4, -0.2) is 16.5 Å². The van der Waals surface area contributed by atoms with E-state index in [0.717, 1.165) is 17.6 Å². The zero-order valence-corrected chi connectivity index (χ0v) is 12.9. The van der Waals surface area contributed by atoms with Crippen molar-refractivity contribution in [3.8, 4) is 0 Å². The summed E-state index contributed by atoms with van der Waals surface area (Å²) in [5.41, 5.74) is 1.57. The molecule has 0 aliphatic carbocycles. The summed E-state index contributed by atoms with van der Waals surface area (Å²) in [5, 5.41) is 15.3. The molecule has 1 heterocycles. The lowest BCUT2D eigenvalue weighted by Gasteiger charge is -2.27. The number of nitrogens with zero attached hydrogens (tertiary/aromatic N) is 2. The second-order valence-electron chi connectivity index (χ2n) is 6.44. The number of pyridine rings is 1. The first-order chi connectivity index (χ1) is 9.80. The Morgan fingerprint density at radius 2 is 2.05 bits per heavy atom. The molecular formula is C16H21N3O2. The number of aromatic nitrogens is 1. The number of hydrogen-bond acceptors (Lipinski definition) is 4. The third kappa shape index (κ3) is 3.29. The van der Waals surface area contributed by atoms with Crippen molar-refractivity contribution < 1.29 is 4.92 Å². The normalized spacial score (nSPS) is 13.1. The van der Waals surface area contributed by atoms with Crippen molar-refractivity contribution in [2.24, 2.45) is 11.3 Å². The first-order valence-corrected chi connectivity index (χ1v) is 7.06. The van der Waals surface area contributed by atoms with Gasteiger partial charge in [-0.1, -0.05) is 27.7 Å². The highest BCUT2D eigenvalue weighted by Gasteiger charge is 2.20. The van der Waals surface area contributed by atoms with Crippen molar-refractivity contribution >= 4 is 22.3 Å². The van der Waals surface area contributed by atoms with E-state index in [1.165, 1.54) is 6.07 Å². The minimum Gasteiger partial charge on any atom is -0.384 e. The largest absolute Gasteiger partial charge is 0.384 e. The summed E-state index contributed by atoms with van der Waals surface area (Å²) in [6.45, 7) is 9.61. The summed E-state index contributed by atoms with van der Waals surface area (Å²) in [4.78, 5) is 14.8. The predicted molar refractivity (Wildman–Crippen MR) is 85.5 cm³/mol. The van der Waals surface area contributed by atoms with Crippen LogP contribution in [0.5, 0.6) is 0 Å². The number of fused-ring (bicyclic) bond motifs is 1. The van der Waals surface area contributed by atoms with Gasteiger partial charge in [0, 0.05) is 29.9 Å². The first-order valence-electron chi connectivity index (χ1n) is 7.06. The maximum Gasteiger partial charge on any atom is 0.295 e. The van der Waals surface area contributed by atoms with Gasteiger partial charge >= 0.3 is 0 Å². The van der Waals surface area contributed by atoms with E-state index in [1.54, 1.807) is 18.3 Å². The molecule has 1 aromatic carbocycles. The van der Waals surface area contributed by atoms with E-state index < -0.39 is 4.92 Å². The van der Waals surface area contributed by atoms with Gasteiger partial charge in [-0.25, -0.2) is 4.98 Å². The van der Waals surface area contributed by atoms with Crippen LogP contribution in [0.4, 0.5) is 11.4 Å². The summed E-state index contributed by atoms with van der Waals surface area (Å²) in [5.74, 6) is 0.472. The molecule has 1 N–H and O–H groups in total. The average Bonchev–Trinajstić information content (AvgIpc) is 2.42. The highest BCUT2D eigenvalue weighted by atomic mass is 16.6. The standard InChI is InChI=1S/C16H21N3O2/c1-11(16(2,3)4)10-18-13-7-8-14(19(20)21)15-12(13)6-5-9-17-15/h5-9,11,18H,10H2,1-4H3. The molecule has 2 aromatic rings. The van der Waals surface area contributed by atoms with Gasteiger partial charge in [-0.15, -0.1) is 0 Å². The molecule has 1 aromatic heterocycles. The molecule has 0 saturated heterocycles. The fourth-order valence-corrected chi connectivity index (χ4v) is 2.03. The van der Waals surface area contributed by atoms with Gasteiger partial charge in [0.05, 0.1) is 4.92 Å². The molecule has 0 aliphatic heterocycles. The van der Waals surface area contributed by atoms with Gasteiger partial charge in [-0.2, -0.15) is 0 Å². The molecule has 0 fully saturated rings. The zero-order valence-electron chi connectivity index (χ0n) is 12.9. The van der Waals surface area contributed by atoms with Crippen molar-refractivity contribution in [3.05, 3.63) is 40.6 Å². The third-order valence-corrected chi connectivity index (χ3v) is 4.02. The number of nitro benzene ring substituents is 1. The molecule has 0 amide bonds. The molecule has 0 bridgehead atoms. The molecule has 0 saturated carbocycles. The molecule has 0 radical (unpaired) electrons. The summed E-state index contributed by atoms with van der Waals surface area (Å²) >= 11 is 0. The van der Waals surface area contributed by atoms with E-state index >= 15 is 0 Å². The van der Waals surface area contributed by atoms with Crippen molar-refractivity contribution in [3.63, 3.8) is 0 Å². The van der Waals surface area contributed by atoms with Crippen molar-refractivity contribution in [2.45, 2.75) is 27.7 Å². The number of anilines is 1. The second-order valence-corrected chi connectivity index (χ2v) is 6.44. The van der Waals surface area contributed by atoms with Crippen LogP contribution in [0.25, 0.3) is 10.9 Å². The van der Waals surface area contributed by atoms with Gasteiger partial charge in [-0.05, 0) is 29.5 Å². The minimum absolute atomic E-state index is 0.0417. The lowest BCUT2D eigenvalue weighted by molar-refractivity contribution is -0.383. The van der Waals surface area contributed by atoms with Gasteiger partial charge in [0.15, 0.2) is 0 Å². The summed E-state index contributed by atoms with van der Waals surface area (Å²) in [6, 6.07) is 6.93. The SMILES string of the molecule is CC(CNc1ccc([N+](=O)[O-])c2ncccc12)C(C)(C)C. The Morgan fingerprint density at radius 1 is 1.33 bits per heavy atom. The number of rotatable bonds is 4. The van der Waals surface area contributed by atoms with Gasteiger partial charge in [0.25, 0.3) is 5.69 Å². The van der Waals surface area contributed by atoms with Crippen LogP contribution in [0.1, 0.15) is 27.7 Å². The van der Waals surface area contributed by atoms with Gasteiger partial charge in [0.2, 0.25) is 0 Å². The number of benzene rings is 1. The van der Waals surface area contributed by atoms with E-state index in [1.807, 2.05) is 6.07 Å². The topological polar surface area (TPSA) is 68.1 Å². The van der Waals surface area contributed by atoms with Crippen molar-refractivity contribution in [2.75, 3.05) is 11.9 Å². The lowest BCUT2D eigenvalue weighted by Crippen LogP contribution is -2.24. The summed E-state index contributed by atoms with van der Waals surface area (Å²) in [7, 11) is 0. The average molecular weight is 287 g/mol. The Labute approximate surface area is 124 Å². The summed E-state index contributed by atoms with van der Waals surface area (Å²) in [6.07, 6.45) is 1.58. The number of hydrogen-bond donors (Lipinski definition) is 1. The van der Waals surface area contributed by atoms with Crippen LogP contribution in [0, 0.1) is 21.4 Å². The van der Waals surface area contributed by atoms with Crippen molar-refractivity contribution in [1.82, 2.24) is 4.98 Å². The van der Waals surface area contributed by atoms with Crippen molar-refractivity contribution in [1.29, 1.82) is 0 Å². The highest BCUT2D eigenvalue weighted by Crippen LogP contribution is 2.31. The molecule has 1 unspecified atom stereocenters. The monoisotopic (exact) mass is 287 g/mol. The number of non-ortho nitro benzene ring substituents is 1. The van der Waals surface area contributed by atoms with Crippen LogP contribution >= 0.6 is 0 Å².